The molecule has 0 aliphatic carbocycles. The van der Waals surface area contributed by atoms with Crippen molar-refractivity contribution in [2.45, 2.75) is 51.4 Å². The standard InChI is InChI=1S/C22H25F3N4O2/c23-22(24,25)15-28-9-6-18-19(28)2-1-3-21(18)31-17-4-7-27(8-5-17)13-16-12-26-29-10-11-30-14-20(16)29/h1-3,6,9,12,17H,4-5,7-8,10-11,13-15H2. The second-order valence-electron chi connectivity index (χ2n) is 8.23. The summed E-state index contributed by atoms with van der Waals surface area (Å²) in [5.41, 5.74) is 2.93. The van der Waals surface area contributed by atoms with E-state index in [9.17, 15) is 13.2 Å². The van der Waals surface area contributed by atoms with E-state index in [1.807, 2.05) is 16.9 Å². The van der Waals surface area contributed by atoms with Crippen molar-refractivity contribution < 1.29 is 22.6 Å². The summed E-state index contributed by atoms with van der Waals surface area (Å²) in [6.07, 6.45) is 0.968. The number of alkyl halides is 3. The maximum Gasteiger partial charge on any atom is 0.406 e. The fourth-order valence-electron chi connectivity index (χ4n) is 4.50. The minimum atomic E-state index is -4.25. The molecule has 2 aliphatic rings. The summed E-state index contributed by atoms with van der Waals surface area (Å²) in [7, 11) is 0. The smallest absolute Gasteiger partial charge is 0.406 e. The molecule has 0 N–H and O–H groups in total. The van der Waals surface area contributed by atoms with E-state index in [1.165, 1.54) is 22.0 Å². The maximum absolute atomic E-state index is 12.8. The van der Waals surface area contributed by atoms with Gasteiger partial charge in [-0.05, 0) is 31.0 Å². The highest BCUT2D eigenvalue weighted by atomic mass is 19.4. The summed E-state index contributed by atoms with van der Waals surface area (Å²) in [4.78, 5) is 2.40. The molecule has 0 atom stereocenters. The average molecular weight is 434 g/mol. The number of fused-ring (bicyclic) bond motifs is 2. The van der Waals surface area contributed by atoms with Gasteiger partial charge in [-0.3, -0.25) is 9.58 Å². The lowest BCUT2D eigenvalue weighted by Crippen LogP contribution is -2.38. The lowest BCUT2D eigenvalue weighted by atomic mass is 10.1. The number of hydrogen-bond acceptors (Lipinski definition) is 4. The number of hydrogen-bond donors (Lipinski definition) is 0. The quantitative estimate of drug-likeness (QED) is 0.610. The molecule has 0 saturated carbocycles. The van der Waals surface area contributed by atoms with Gasteiger partial charge in [0.1, 0.15) is 18.4 Å². The molecule has 1 fully saturated rings. The first-order valence-electron chi connectivity index (χ1n) is 10.6. The van der Waals surface area contributed by atoms with Crippen LogP contribution in [-0.2, 0) is 31.0 Å². The van der Waals surface area contributed by atoms with Gasteiger partial charge in [-0.2, -0.15) is 18.3 Å². The Kier molecular flexibility index (Phi) is 5.39. The number of benzene rings is 1. The lowest BCUT2D eigenvalue weighted by Gasteiger charge is -2.32. The van der Waals surface area contributed by atoms with Crippen LogP contribution in [0.15, 0.2) is 36.7 Å². The topological polar surface area (TPSA) is 44.5 Å². The monoisotopic (exact) mass is 434 g/mol. The summed E-state index contributed by atoms with van der Waals surface area (Å²) in [5.74, 6) is 0.653. The molecule has 31 heavy (non-hydrogen) atoms. The number of ether oxygens (including phenoxy) is 2. The Balaban J connectivity index is 1.21. The second-order valence-corrected chi connectivity index (χ2v) is 8.23. The number of rotatable bonds is 5. The maximum atomic E-state index is 12.8. The summed E-state index contributed by atoms with van der Waals surface area (Å²) in [5, 5.41) is 5.18. The molecule has 0 bridgehead atoms. The van der Waals surface area contributed by atoms with Gasteiger partial charge >= 0.3 is 6.18 Å². The van der Waals surface area contributed by atoms with E-state index in [4.69, 9.17) is 9.47 Å². The van der Waals surface area contributed by atoms with Gasteiger partial charge in [0, 0.05) is 36.8 Å². The van der Waals surface area contributed by atoms with Gasteiger partial charge in [0.15, 0.2) is 0 Å². The van der Waals surface area contributed by atoms with Gasteiger partial charge in [-0.1, -0.05) is 6.07 Å². The molecule has 0 radical (unpaired) electrons. The first kappa shape index (κ1) is 20.4. The zero-order chi connectivity index (χ0) is 21.4. The van der Waals surface area contributed by atoms with Crippen molar-refractivity contribution in [3.63, 3.8) is 0 Å². The van der Waals surface area contributed by atoms with Crippen molar-refractivity contribution in [3.05, 3.63) is 47.9 Å². The van der Waals surface area contributed by atoms with Crippen molar-refractivity contribution in [1.29, 1.82) is 0 Å². The first-order chi connectivity index (χ1) is 15.0. The van der Waals surface area contributed by atoms with Crippen LogP contribution in [-0.4, -0.2) is 51.2 Å². The molecule has 1 aromatic carbocycles. The van der Waals surface area contributed by atoms with E-state index < -0.39 is 12.7 Å². The largest absolute Gasteiger partial charge is 0.490 e. The summed E-state index contributed by atoms with van der Waals surface area (Å²) in [6, 6.07) is 7.00. The van der Waals surface area contributed by atoms with Crippen molar-refractivity contribution in [3.8, 4) is 5.75 Å². The van der Waals surface area contributed by atoms with Crippen LogP contribution in [0.25, 0.3) is 10.9 Å². The van der Waals surface area contributed by atoms with Crippen LogP contribution in [0.4, 0.5) is 13.2 Å². The molecule has 0 spiro atoms. The van der Waals surface area contributed by atoms with Crippen LogP contribution in [0, 0.1) is 0 Å². The predicted octanol–water partition coefficient (Wildman–Crippen LogP) is 3.97. The molecular formula is C22H25F3N4O2. The highest BCUT2D eigenvalue weighted by molar-refractivity contribution is 5.86. The van der Waals surface area contributed by atoms with Crippen LogP contribution in [0.2, 0.25) is 0 Å². The van der Waals surface area contributed by atoms with E-state index in [2.05, 4.69) is 10.00 Å². The molecule has 4 heterocycles. The Labute approximate surface area is 178 Å². The Morgan fingerprint density at radius 3 is 2.77 bits per heavy atom. The van der Waals surface area contributed by atoms with Gasteiger partial charge in [0.05, 0.1) is 37.2 Å². The summed E-state index contributed by atoms with van der Waals surface area (Å²) in [6.45, 7) is 3.79. The second kappa shape index (κ2) is 8.20. The fraction of sp³-hybridized carbons (Fsp3) is 0.500. The van der Waals surface area contributed by atoms with Gasteiger partial charge in [-0.25, -0.2) is 0 Å². The number of piperidine rings is 1. The molecule has 3 aromatic rings. The molecule has 0 amide bonds. The molecule has 166 valence electrons. The zero-order valence-electron chi connectivity index (χ0n) is 17.1. The lowest BCUT2D eigenvalue weighted by molar-refractivity contribution is -0.139. The minimum Gasteiger partial charge on any atom is -0.490 e. The molecule has 2 aliphatic heterocycles. The van der Waals surface area contributed by atoms with Crippen LogP contribution < -0.4 is 4.74 Å². The molecule has 5 rings (SSSR count). The van der Waals surface area contributed by atoms with E-state index in [-0.39, 0.29) is 6.10 Å². The molecule has 2 aromatic heterocycles. The third-order valence-electron chi connectivity index (χ3n) is 6.07. The Hall–Kier alpha value is -2.52. The van der Waals surface area contributed by atoms with Crippen LogP contribution >= 0.6 is 0 Å². The normalized spacial score (nSPS) is 18.4. The third kappa shape index (κ3) is 4.43. The van der Waals surface area contributed by atoms with Crippen LogP contribution in [0.1, 0.15) is 24.1 Å². The molecule has 1 saturated heterocycles. The van der Waals surface area contributed by atoms with E-state index in [1.54, 1.807) is 18.2 Å². The number of nitrogens with zero attached hydrogens (tertiary/aromatic N) is 4. The molecule has 6 nitrogen and oxygen atoms in total. The number of halogens is 3. The Morgan fingerprint density at radius 1 is 1.13 bits per heavy atom. The van der Waals surface area contributed by atoms with Gasteiger partial charge < -0.3 is 14.0 Å². The Morgan fingerprint density at radius 2 is 1.97 bits per heavy atom. The number of aromatic nitrogens is 3. The fourth-order valence-corrected chi connectivity index (χ4v) is 4.50. The SMILES string of the molecule is FC(F)(F)Cn1ccc2c(OC3CCN(Cc4cnn5c4COCC5)CC3)cccc21. The van der Waals surface area contributed by atoms with Crippen molar-refractivity contribution in [2.75, 3.05) is 19.7 Å². The van der Waals surface area contributed by atoms with Crippen molar-refractivity contribution >= 4 is 10.9 Å². The highest BCUT2D eigenvalue weighted by Crippen LogP contribution is 2.31. The van der Waals surface area contributed by atoms with E-state index in [0.717, 1.165) is 44.4 Å². The third-order valence-corrected chi connectivity index (χ3v) is 6.07. The summed E-state index contributed by atoms with van der Waals surface area (Å²) >= 11 is 0. The van der Waals surface area contributed by atoms with Gasteiger partial charge in [-0.15, -0.1) is 0 Å². The van der Waals surface area contributed by atoms with E-state index in [0.29, 0.717) is 24.5 Å². The molecule has 0 unspecified atom stereocenters. The highest BCUT2D eigenvalue weighted by Gasteiger charge is 2.29. The van der Waals surface area contributed by atoms with Gasteiger partial charge in [0.2, 0.25) is 0 Å². The van der Waals surface area contributed by atoms with Gasteiger partial charge in [0.25, 0.3) is 0 Å². The predicted molar refractivity (Wildman–Crippen MR) is 109 cm³/mol. The number of likely N-dealkylation sites (tertiary alicyclic amines) is 1. The van der Waals surface area contributed by atoms with Crippen molar-refractivity contribution in [1.82, 2.24) is 19.2 Å². The Bertz CT molecular complexity index is 1050. The zero-order valence-corrected chi connectivity index (χ0v) is 17.1. The average Bonchev–Trinajstić information content (AvgIpc) is 3.34. The minimum absolute atomic E-state index is 0.0530. The van der Waals surface area contributed by atoms with Crippen LogP contribution in [0.3, 0.4) is 0 Å². The molecule has 9 heteroatoms. The van der Waals surface area contributed by atoms with Crippen molar-refractivity contribution in [2.24, 2.45) is 0 Å². The first-order valence-corrected chi connectivity index (χ1v) is 10.6. The molecular weight excluding hydrogens is 409 g/mol. The summed E-state index contributed by atoms with van der Waals surface area (Å²) < 4.78 is 53.5. The van der Waals surface area contributed by atoms with E-state index >= 15 is 0 Å². The van der Waals surface area contributed by atoms with Crippen LogP contribution in [0.5, 0.6) is 5.75 Å².